The van der Waals surface area contributed by atoms with Gasteiger partial charge in [-0.25, -0.2) is 0 Å². The van der Waals surface area contributed by atoms with Crippen LogP contribution >= 0.6 is 11.3 Å². The number of benzene rings is 7. The highest BCUT2D eigenvalue weighted by Gasteiger charge is 2.41. The zero-order valence-corrected chi connectivity index (χ0v) is 30.8. The van der Waals surface area contributed by atoms with Crippen molar-refractivity contribution in [2.24, 2.45) is 0 Å². The largest absolute Gasteiger partial charge is 0.310 e. The standard InChI is InChI=1S/C50H39NS/c1-49(2)43-22-10-8-18-39(43)40-29-28-37(31-44(40)49)51(35-26-24-33(25-27-35)32-14-6-5-7-15-32)36-17-12-16-34(30-36)38-20-13-21-42-46(38)50(3,4)47-41-19-9-11-23-45(41)52-48(42)47/h5-31H,1-4H3. The van der Waals surface area contributed by atoms with E-state index in [1.165, 1.54) is 76.2 Å². The molecule has 0 radical (unpaired) electrons. The minimum absolute atomic E-state index is 0.0905. The van der Waals surface area contributed by atoms with Crippen molar-refractivity contribution in [2.75, 3.05) is 4.90 Å². The first-order valence-corrected chi connectivity index (χ1v) is 19.1. The van der Waals surface area contributed by atoms with Crippen molar-refractivity contribution < 1.29 is 0 Å². The average molecular weight is 686 g/mol. The molecule has 8 aromatic rings. The van der Waals surface area contributed by atoms with E-state index in [9.17, 15) is 0 Å². The highest BCUT2D eigenvalue weighted by Crippen LogP contribution is 2.58. The van der Waals surface area contributed by atoms with Gasteiger partial charge in [-0.05, 0) is 109 Å². The van der Waals surface area contributed by atoms with Crippen LogP contribution in [0, 0.1) is 0 Å². The predicted octanol–water partition coefficient (Wildman–Crippen LogP) is 14.3. The van der Waals surface area contributed by atoms with Gasteiger partial charge in [-0.1, -0.05) is 149 Å². The quantitative estimate of drug-likeness (QED) is 0.174. The van der Waals surface area contributed by atoms with Gasteiger partial charge in [-0.2, -0.15) is 0 Å². The Morgan fingerprint density at radius 3 is 1.87 bits per heavy atom. The lowest BCUT2D eigenvalue weighted by Crippen LogP contribution is -2.17. The van der Waals surface area contributed by atoms with Crippen molar-refractivity contribution in [1.82, 2.24) is 0 Å². The second kappa shape index (κ2) is 11.4. The van der Waals surface area contributed by atoms with Crippen LogP contribution in [0.3, 0.4) is 0 Å². The number of hydrogen-bond donors (Lipinski definition) is 0. The minimum atomic E-state index is -0.121. The smallest absolute Gasteiger partial charge is 0.0467 e. The molecule has 0 N–H and O–H groups in total. The molecule has 0 saturated carbocycles. The number of nitrogens with zero attached hydrogens (tertiary/aromatic N) is 1. The molecule has 2 heteroatoms. The van der Waals surface area contributed by atoms with Crippen molar-refractivity contribution >= 4 is 38.5 Å². The Hall–Kier alpha value is -5.70. The van der Waals surface area contributed by atoms with E-state index in [2.05, 4.69) is 196 Å². The number of fused-ring (bicyclic) bond motifs is 8. The first-order chi connectivity index (χ1) is 25.3. The van der Waals surface area contributed by atoms with Gasteiger partial charge < -0.3 is 4.90 Å². The van der Waals surface area contributed by atoms with E-state index in [1.54, 1.807) is 0 Å². The van der Waals surface area contributed by atoms with E-state index >= 15 is 0 Å². The van der Waals surface area contributed by atoms with Crippen LogP contribution in [0.15, 0.2) is 164 Å². The van der Waals surface area contributed by atoms with Crippen LogP contribution in [0.1, 0.15) is 49.9 Å². The second-order valence-corrected chi connectivity index (χ2v) is 16.4. The molecule has 250 valence electrons. The Morgan fingerprint density at radius 1 is 0.404 bits per heavy atom. The van der Waals surface area contributed by atoms with Gasteiger partial charge in [0.05, 0.1) is 0 Å². The monoisotopic (exact) mass is 685 g/mol. The van der Waals surface area contributed by atoms with E-state index in [0.717, 1.165) is 17.1 Å². The van der Waals surface area contributed by atoms with E-state index in [-0.39, 0.29) is 10.8 Å². The average Bonchev–Trinajstić information content (AvgIpc) is 3.76. The second-order valence-electron chi connectivity index (χ2n) is 15.4. The van der Waals surface area contributed by atoms with Crippen molar-refractivity contribution in [3.63, 3.8) is 0 Å². The Morgan fingerprint density at radius 2 is 1.02 bits per heavy atom. The van der Waals surface area contributed by atoms with Crippen molar-refractivity contribution in [1.29, 1.82) is 0 Å². The SMILES string of the molecule is CC1(C)c2ccccc2-c2ccc(N(c3ccc(-c4ccccc4)cc3)c3cccc(-c4cccc5c4C(C)(C)c4c-5sc5ccccc45)c3)cc21. The number of anilines is 3. The lowest BCUT2D eigenvalue weighted by atomic mass is 9.78. The Labute approximate surface area is 310 Å². The molecule has 1 heterocycles. The third-order valence-corrected chi connectivity index (χ3v) is 12.8. The molecule has 2 aliphatic carbocycles. The molecule has 0 unspecified atom stereocenters. The summed E-state index contributed by atoms with van der Waals surface area (Å²) in [6.07, 6.45) is 0. The lowest BCUT2D eigenvalue weighted by molar-refractivity contribution is 0.660. The van der Waals surface area contributed by atoms with Gasteiger partial charge in [0.25, 0.3) is 0 Å². The van der Waals surface area contributed by atoms with Gasteiger partial charge in [0.15, 0.2) is 0 Å². The maximum Gasteiger partial charge on any atom is 0.0467 e. The van der Waals surface area contributed by atoms with E-state index < -0.39 is 0 Å². The summed E-state index contributed by atoms with van der Waals surface area (Å²) in [4.78, 5) is 3.86. The Bertz CT molecular complexity index is 2680. The molecular formula is C50H39NS. The van der Waals surface area contributed by atoms with Gasteiger partial charge in [-0.15, -0.1) is 11.3 Å². The number of rotatable bonds is 5. The maximum absolute atomic E-state index is 2.44. The van der Waals surface area contributed by atoms with Crippen LogP contribution in [0.25, 0.3) is 53.9 Å². The molecule has 0 bridgehead atoms. The Balaban J connectivity index is 1.13. The zero-order valence-electron chi connectivity index (χ0n) is 29.9. The normalized spacial score (nSPS) is 14.5. The van der Waals surface area contributed by atoms with Gasteiger partial charge in [0.1, 0.15) is 0 Å². The van der Waals surface area contributed by atoms with E-state index in [4.69, 9.17) is 0 Å². The van der Waals surface area contributed by atoms with Crippen LogP contribution in [-0.2, 0) is 10.8 Å². The van der Waals surface area contributed by atoms with Crippen molar-refractivity contribution in [3.8, 4) is 43.8 Å². The molecule has 0 spiro atoms. The molecule has 0 amide bonds. The molecule has 7 aromatic carbocycles. The van der Waals surface area contributed by atoms with Crippen LogP contribution < -0.4 is 4.90 Å². The lowest BCUT2D eigenvalue weighted by Gasteiger charge is -2.29. The minimum Gasteiger partial charge on any atom is -0.310 e. The number of hydrogen-bond acceptors (Lipinski definition) is 2. The number of thiophene rings is 1. The molecule has 0 aliphatic heterocycles. The van der Waals surface area contributed by atoms with Gasteiger partial charge >= 0.3 is 0 Å². The van der Waals surface area contributed by atoms with Crippen LogP contribution in [0.5, 0.6) is 0 Å². The summed E-state index contributed by atoms with van der Waals surface area (Å²) >= 11 is 1.93. The molecule has 1 aromatic heterocycles. The summed E-state index contributed by atoms with van der Waals surface area (Å²) in [6, 6.07) is 60.7. The topological polar surface area (TPSA) is 3.24 Å². The van der Waals surface area contributed by atoms with Gasteiger partial charge in [0.2, 0.25) is 0 Å². The van der Waals surface area contributed by atoms with E-state index in [0.29, 0.717) is 0 Å². The molecule has 0 atom stereocenters. The Kier molecular flexibility index (Phi) is 6.81. The van der Waals surface area contributed by atoms with Crippen molar-refractivity contribution in [2.45, 2.75) is 38.5 Å². The summed E-state index contributed by atoms with van der Waals surface area (Å²) in [5, 5.41) is 1.38. The fourth-order valence-corrected chi connectivity index (χ4v) is 10.6. The summed E-state index contributed by atoms with van der Waals surface area (Å²) in [7, 11) is 0. The highest BCUT2D eigenvalue weighted by atomic mass is 32.1. The third kappa shape index (κ3) is 4.54. The first-order valence-electron chi connectivity index (χ1n) is 18.3. The summed E-state index contributed by atoms with van der Waals surface area (Å²) < 4.78 is 1.37. The summed E-state index contributed by atoms with van der Waals surface area (Å²) in [5.41, 5.74) is 17.9. The zero-order chi connectivity index (χ0) is 35.2. The third-order valence-electron chi connectivity index (χ3n) is 11.6. The fourth-order valence-electron chi connectivity index (χ4n) is 9.16. The first kappa shape index (κ1) is 31.1. The fraction of sp³-hybridized carbons (Fsp3) is 0.120. The maximum atomic E-state index is 2.44. The summed E-state index contributed by atoms with van der Waals surface area (Å²) in [6.45, 7) is 9.55. The van der Waals surface area contributed by atoms with Gasteiger partial charge in [0, 0.05) is 37.5 Å². The van der Waals surface area contributed by atoms with Crippen LogP contribution in [0.2, 0.25) is 0 Å². The molecular weight excluding hydrogens is 647 g/mol. The molecule has 52 heavy (non-hydrogen) atoms. The van der Waals surface area contributed by atoms with Gasteiger partial charge in [-0.3, -0.25) is 0 Å². The predicted molar refractivity (Wildman–Crippen MR) is 223 cm³/mol. The van der Waals surface area contributed by atoms with E-state index in [1.807, 2.05) is 11.3 Å². The highest BCUT2D eigenvalue weighted by molar-refractivity contribution is 7.22. The van der Waals surface area contributed by atoms with Crippen LogP contribution in [-0.4, -0.2) is 0 Å². The summed E-state index contributed by atoms with van der Waals surface area (Å²) in [5.74, 6) is 0. The van der Waals surface area contributed by atoms with Crippen LogP contribution in [0.4, 0.5) is 17.1 Å². The molecule has 0 fully saturated rings. The molecule has 1 nitrogen and oxygen atoms in total. The molecule has 0 saturated heterocycles. The molecule has 10 rings (SSSR count). The van der Waals surface area contributed by atoms with Crippen molar-refractivity contribution in [3.05, 3.63) is 186 Å². The molecule has 2 aliphatic rings.